The van der Waals surface area contributed by atoms with Crippen molar-refractivity contribution in [3.8, 4) is 0 Å². The second kappa shape index (κ2) is 7.15. The van der Waals surface area contributed by atoms with Gasteiger partial charge in [-0.25, -0.2) is 0 Å². The number of aliphatic imine (C=N–C) groups is 1. The maximum absolute atomic E-state index is 4.25. The third kappa shape index (κ3) is 4.42. The Morgan fingerprint density at radius 3 is 2.89 bits per heavy atom. The summed E-state index contributed by atoms with van der Waals surface area (Å²) in [6, 6.07) is 7.76. The number of aromatic nitrogens is 3. The topological polar surface area (TPSA) is 67.1 Å². The number of guanidine groups is 1. The summed E-state index contributed by atoms with van der Waals surface area (Å²) < 4.78 is 1.87. The molecular weight excluding hydrogens is 240 g/mol. The van der Waals surface area contributed by atoms with Gasteiger partial charge < -0.3 is 10.6 Å². The van der Waals surface area contributed by atoms with Crippen LogP contribution in [0.3, 0.4) is 0 Å². The molecule has 0 aliphatic carbocycles. The van der Waals surface area contributed by atoms with E-state index < -0.39 is 0 Å². The van der Waals surface area contributed by atoms with E-state index in [1.54, 1.807) is 19.4 Å². The molecule has 0 bridgehead atoms. The van der Waals surface area contributed by atoms with Crippen molar-refractivity contribution in [2.24, 2.45) is 4.99 Å². The number of pyridine rings is 1. The lowest BCUT2D eigenvalue weighted by Crippen LogP contribution is -2.38. The Morgan fingerprint density at radius 2 is 2.21 bits per heavy atom. The van der Waals surface area contributed by atoms with Crippen LogP contribution in [0.1, 0.15) is 5.69 Å². The molecule has 0 aliphatic rings. The van der Waals surface area contributed by atoms with E-state index in [9.17, 15) is 0 Å². The van der Waals surface area contributed by atoms with Gasteiger partial charge in [0.05, 0.1) is 18.8 Å². The fourth-order valence-corrected chi connectivity index (χ4v) is 1.62. The van der Waals surface area contributed by atoms with Crippen LogP contribution in [0.15, 0.2) is 47.8 Å². The van der Waals surface area contributed by atoms with Gasteiger partial charge in [0.2, 0.25) is 0 Å². The second-order valence-electron chi connectivity index (χ2n) is 3.94. The van der Waals surface area contributed by atoms with Crippen LogP contribution in [0.5, 0.6) is 0 Å². The van der Waals surface area contributed by atoms with Crippen molar-refractivity contribution in [3.05, 3.63) is 48.5 Å². The first kappa shape index (κ1) is 13.1. The van der Waals surface area contributed by atoms with E-state index in [0.717, 1.165) is 24.7 Å². The van der Waals surface area contributed by atoms with Gasteiger partial charge in [0, 0.05) is 32.2 Å². The zero-order valence-electron chi connectivity index (χ0n) is 11.0. The normalized spacial score (nSPS) is 11.3. The minimum atomic E-state index is 0.655. The number of rotatable bonds is 5. The van der Waals surface area contributed by atoms with Crippen molar-refractivity contribution in [3.63, 3.8) is 0 Å². The minimum absolute atomic E-state index is 0.655. The van der Waals surface area contributed by atoms with Crippen molar-refractivity contribution >= 4 is 5.96 Å². The van der Waals surface area contributed by atoms with E-state index >= 15 is 0 Å². The van der Waals surface area contributed by atoms with Crippen LogP contribution in [-0.4, -0.2) is 34.3 Å². The Balaban J connectivity index is 1.72. The maximum atomic E-state index is 4.25. The Hall–Kier alpha value is -2.37. The van der Waals surface area contributed by atoms with E-state index in [0.29, 0.717) is 6.54 Å². The molecule has 0 unspecified atom stereocenters. The summed E-state index contributed by atoms with van der Waals surface area (Å²) >= 11 is 0. The van der Waals surface area contributed by atoms with Crippen molar-refractivity contribution in [1.29, 1.82) is 0 Å². The van der Waals surface area contributed by atoms with Gasteiger partial charge in [-0.3, -0.25) is 14.7 Å². The molecule has 2 aromatic heterocycles. The lowest BCUT2D eigenvalue weighted by atomic mass is 10.3. The van der Waals surface area contributed by atoms with Gasteiger partial charge in [0.15, 0.2) is 5.96 Å². The molecule has 2 heterocycles. The Morgan fingerprint density at radius 1 is 1.26 bits per heavy atom. The molecule has 0 amide bonds. The van der Waals surface area contributed by atoms with Crippen LogP contribution in [0.2, 0.25) is 0 Å². The van der Waals surface area contributed by atoms with Gasteiger partial charge in [-0.1, -0.05) is 6.07 Å². The first-order valence-corrected chi connectivity index (χ1v) is 6.20. The fourth-order valence-electron chi connectivity index (χ4n) is 1.62. The van der Waals surface area contributed by atoms with Crippen LogP contribution >= 0.6 is 0 Å². The number of nitrogens with one attached hydrogen (secondary N) is 2. The summed E-state index contributed by atoms with van der Waals surface area (Å²) in [5.41, 5.74) is 0.984. The van der Waals surface area contributed by atoms with Gasteiger partial charge in [-0.15, -0.1) is 0 Å². The number of nitrogens with zero attached hydrogens (tertiary/aromatic N) is 4. The predicted molar refractivity (Wildman–Crippen MR) is 74.7 cm³/mol. The van der Waals surface area contributed by atoms with Gasteiger partial charge in [0.25, 0.3) is 0 Å². The molecule has 2 aromatic rings. The summed E-state index contributed by atoms with van der Waals surface area (Å²) in [5, 5.41) is 10.6. The monoisotopic (exact) mass is 258 g/mol. The average Bonchev–Trinajstić information content (AvgIpc) is 2.97. The van der Waals surface area contributed by atoms with Crippen molar-refractivity contribution in [1.82, 2.24) is 25.4 Å². The lowest BCUT2D eigenvalue weighted by Gasteiger charge is -2.11. The number of hydrogen-bond donors (Lipinski definition) is 2. The third-order valence-corrected chi connectivity index (χ3v) is 2.58. The summed E-state index contributed by atoms with van der Waals surface area (Å²) in [6.07, 6.45) is 5.49. The first-order valence-electron chi connectivity index (χ1n) is 6.20. The second-order valence-corrected chi connectivity index (χ2v) is 3.94. The zero-order chi connectivity index (χ0) is 13.3. The molecule has 0 aromatic carbocycles. The van der Waals surface area contributed by atoms with Crippen molar-refractivity contribution in [2.75, 3.05) is 13.6 Å². The van der Waals surface area contributed by atoms with Crippen LogP contribution in [0, 0.1) is 0 Å². The molecule has 0 atom stereocenters. The lowest BCUT2D eigenvalue weighted by molar-refractivity contribution is 0.597. The molecule has 6 nitrogen and oxygen atoms in total. The molecule has 0 radical (unpaired) electrons. The standard InChI is InChI=1S/C13H18N6/c1-14-13(16-8-10-19-9-4-7-18-19)17-11-12-5-2-3-6-15-12/h2-7,9H,8,10-11H2,1H3,(H2,14,16,17). The van der Waals surface area contributed by atoms with Crippen LogP contribution < -0.4 is 10.6 Å². The maximum Gasteiger partial charge on any atom is 0.191 e. The first-order chi connectivity index (χ1) is 9.38. The van der Waals surface area contributed by atoms with Gasteiger partial charge >= 0.3 is 0 Å². The van der Waals surface area contributed by atoms with E-state index in [4.69, 9.17) is 0 Å². The Labute approximate surface area is 112 Å². The van der Waals surface area contributed by atoms with Crippen LogP contribution in [-0.2, 0) is 13.1 Å². The van der Waals surface area contributed by atoms with E-state index in [-0.39, 0.29) is 0 Å². The van der Waals surface area contributed by atoms with Gasteiger partial charge in [0.1, 0.15) is 0 Å². The van der Waals surface area contributed by atoms with Gasteiger partial charge in [-0.2, -0.15) is 5.10 Å². The molecule has 0 fully saturated rings. The highest BCUT2D eigenvalue weighted by Crippen LogP contribution is 1.91. The molecule has 100 valence electrons. The van der Waals surface area contributed by atoms with Crippen LogP contribution in [0.25, 0.3) is 0 Å². The number of hydrogen-bond acceptors (Lipinski definition) is 3. The SMILES string of the molecule is CN=C(NCCn1cccn1)NCc1ccccn1. The Kier molecular flexibility index (Phi) is 4.92. The summed E-state index contributed by atoms with van der Waals surface area (Å²) in [4.78, 5) is 8.41. The van der Waals surface area contributed by atoms with E-state index in [1.807, 2.05) is 35.1 Å². The molecular formula is C13H18N6. The quantitative estimate of drug-likeness (QED) is 0.610. The summed E-state index contributed by atoms with van der Waals surface area (Å²) in [7, 11) is 1.75. The largest absolute Gasteiger partial charge is 0.355 e. The van der Waals surface area contributed by atoms with Crippen LogP contribution in [0.4, 0.5) is 0 Å². The summed E-state index contributed by atoms with van der Waals surface area (Å²) in [5.74, 6) is 0.762. The molecule has 19 heavy (non-hydrogen) atoms. The molecule has 0 saturated heterocycles. The Bertz CT molecular complexity index is 491. The average molecular weight is 258 g/mol. The molecule has 6 heteroatoms. The highest BCUT2D eigenvalue weighted by molar-refractivity contribution is 5.79. The highest BCUT2D eigenvalue weighted by atomic mass is 15.3. The van der Waals surface area contributed by atoms with Gasteiger partial charge in [-0.05, 0) is 18.2 Å². The van der Waals surface area contributed by atoms with E-state index in [2.05, 4.69) is 25.7 Å². The predicted octanol–water partition coefficient (Wildman–Crippen LogP) is 0.643. The highest BCUT2D eigenvalue weighted by Gasteiger charge is 1.98. The molecule has 0 spiro atoms. The molecule has 0 aliphatic heterocycles. The smallest absolute Gasteiger partial charge is 0.191 e. The van der Waals surface area contributed by atoms with Crippen molar-refractivity contribution in [2.45, 2.75) is 13.1 Å². The van der Waals surface area contributed by atoms with Crippen molar-refractivity contribution < 1.29 is 0 Å². The molecule has 2 rings (SSSR count). The molecule has 2 N–H and O–H groups in total. The third-order valence-electron chi connectivity index (χ3n) is 2.58. The minimum Gasteiger partial charge on any atom is -0.355 e. The van der Waals surface area contributed by atoms with E-state index in [1.165, 1.54) is 0 Å². The fraction of sp³-hybridized carbons (Fsp3) is 0.308. The zero-order valence-corrected chi connectivity index (χ0v) is 11.0. The summed E-state index contributed by atoms with van der Waals surface area (Å²) in [6.45, 7) is 2.23. The molecule has 0 saturated carbocycles.